The van der Waals surface area contributed by atoms with Gasteiger partial charge >= 0.3 is 0 Å². The van der Waals surface area contributed by atoms with Crippen LogP contribution >= 0.6 is 11.6 Å². The van der Waals surface area contributed by atoms with Gasteiger partial charge in [0.2, 0.25) is 15.9 Å². The lowest BCUT2D eigenvalue weighted by molar-refractivity contribution is -0.128. The number of rotatable bonds is 4. The minimum Gasteiger partial charge on any atom is -0.398 e. The van der Waals surface area contributed by atoms with Crippen LogP contribution in [0.15, 0.2) is 17.0 Å². The van der Waals surface area contributed by atoms with E-state index in [0.29, 0.717) is 11.3 Å². The predicted octanol–water partition coefficient (Wildman–Crippen LogP) is 0.939. The van der Waals surface area contributed by atoms with Crippen molar-refractivity contribution in [3.63, 3.8) is 0 Å². The molecular formula is C12H18ClN3O3S. The Labute approximate surface area is 124 Å². The zero-order chi connectivity index (χ0) is 15.7. The molecule has 0 aliphatic rings. The molecule has 20 heavy (non-hydrogen) atoms. The molecule has 1 aromatic rings. The molecule has 0 atom stereocenters. The summed E-state index contributed by atoms with van der Waals surface area (Å²) in [6.07, 6.45) is 0. The summed E-state index contributed by atoms with van der Waals surface area (Å²) in [5.41, 5.74) is 6.75. The van der Waals surface area contributed by atoms with E-state index in [9.17, 15) is 13.2 Å². The third-order valence-electron chi connectivity index (χ3n) is 2.87. The van der Waals surface area contributed by atoms with Crippen molar-refractivity contribution in [3.05, 3.63) is 22.7 Å². The molecule has 0 saturated heterocycles. The molecule has 0 aliphatic carbocycles. The highest BCUT2D eigenvalue weighted by molar-refractivity contribution is 7.89. The number of hydrogen-bond acceptors (Lipinski definition) is 4. The molecule has 0 radical (unpaired) electrons. The average molecular weight is 320 g/mol. The van der Waals surface area contributed by atoms with Crippen molar-refractivity contribution in [2.75, 3.05) is 33.4 Å². The van der Waals surface area contributed by atoms with E-state index in [1.807, 2.05) is 0 Å². The summed E-state index contributed by atoms with van der Waals surface area (Å²) < 4.78 is 25.7. The first kappa shape index (κ1) is 16.7. The number of nitrogen functional groups attached to an aromatic ring is 1. The Morgan fingerprint density at radius 1 is 1.30 bits per heavy atom. The van der Waals surface area contributed by atoms with Crippen LogP contribution in [0.5, 0.6) is 0 Å². The number of hydrogen-bond donors (Lipinski definition) is 1. The second kappa shape index (κ2) is 5.99. The number of carbonyl (C=O) groups excluding carboxylic acids is 1. The third-order valence-corrected chi connectivity index (χ3v) is 5.13. The van der Waals surface area contributed by atoms with Crippen LogP contribution in [-0.2, 0) is 14.8 Å². The molecule has 6 nitrogen and oxygen atoms in total. The zero-order valence-corrected chi connectivity index (χ0v) is 13.4. The molecule has 0 heterocycles. The number of nitrogens with zero attached hydrogens (tertiary/aromatic N) is 2. The highest BCUT2D eigenvalue weighted by Gasteiger charge is 2.26. The highest BCUT2D eigenvalue weighted by Crippen LogP contribution is 2.28. The summed E-state index contributed by atoms with van der Waals surface area (Å²) in [6, 6.07) is 2.80. The van der Waals surface area contributed by atoms with Gasteiger partial charge in [-0.15, -0.1) is 0 Å². The molecular weight excluding hydrogens is 302 g/mol. The number of sulfonamides is 1. The van der Waals surface area contributed by atoms with Gasteiger partial charge in [0, 0.05) is 26.8 Å². The first-order chi connectivity index (χ1) is 9.07. The van der Waals surface area contributed by atoms with Gasteiger partial charge in [0.25, 0.3) is 0 Å². The Morgan fingerprint density at radius 3 is 2.35 bits per heavy atom. The van der Waals surface area contributed by atoms with Crippen LogP contribution in [0.2, 0.25) is 5.02 Å². The second-order valence-corrected chi connectivity index (χ2v) is 7.11. The maximum absolute atomic E-state index is 12.4. The molecule has 0 saturated carbocycles. The lowest BCUT2D eigenvalue weighted by Gasteiger charge is -2.20. The lowest BCUT2D eigenvalue weighted by atomic mass is 10.2. The number of carbonyl (C=O) groups is 1. The fourth-order valence-electron chi connectivity index (χ4n) is 1.45. The summed E-state index contributed by atoms with van der Waals surface area (Å²) in [6.45, 7) is 1.47. The van der Waals surface area contributed by atoms with Crippen molar-refractivity contribution in [2.24, 2.45) is 0 Å². The maximum atomic E-state index is 12.4. The number of benzene rings is 1. The molecule has 1 rings (SSSR count). The van der Waals surface area contributed by atoms with E-state index < -0.39 is 10.0 Å². The van der Waals surface area contributed by atoms with Crippen molar-refractivity contribution in [1.29, 1.82) is 0 Å². The monoisotopic (exact) mass is 319 g/mol. The van der Waals surface area contributed by atoms with E-state index in [1.54, 1.807) is 21.0 Å². The number of halogens is 1. The molecule has 0 aromatic heterocycles. The molecule has 1 amide bonds. The smallest absolute Gasteiger partial charge is 0.244 e. The van der Waals surface area contributed by atoms with Gasteiger partial charge in [-0.25, -0.2) is 8.42 Å². The van der Waals surface area contributed by atoms with E-state index in [0.717, 1.165) is 4.31 Å². The van der Waals surface area contributed by atoms with Gasteiger partial charge in [-0.2, -0.15) is 4.31 Å². The van der Waals surface area contributed by atoms with E-state index in [1.165, 1.54) is 24.1 Å². The fourth-order valence-corrected chi connectivity index (χ4v) is 3.16. The quantitative estimate of drug-likeness (QED) is 0.837. The Morgan fingerprint density at radius 2 is 1.85 bits per heavy atom. The van der Waals surface area contributed by atoms with Crippen molar-refractivity contribution in [1.82, 2.24) is 9.21 Å². The summed E-state index contributed by atoms with van der Waals surface area (Å²) >= 11 is 5.97. The number of nitrogens with two attached hydrogens (primary N) is 1. The standard InChI is InChI=1S/C12H18ClN3O3S/c1-8-5-9(13)11(6-10(8)14)20(18,19)16(4)7-12(17)15(2)3/h5-6H,7,14H2,1-4H3. The molecule has 2 N–H and O–H groups in total. The molecule has 0 unspecified atom stereocenters. The van der Waals surface area contributed by atoms with Gasteiger partial charge in [-0.05, 0) is 24.6 Å². The molecule has 1 aromatic carbocycles. The third kappa shape index (κ3) is 3.41. The number of amides is 1. The van der Waals surface area contributed by atoms with Crippen LogP contribution in [-0.4, -0.2) is 51.2 Å². The van der Waals surface area contributed by atoms with Gasteiger partial charge in [0.05, 0.1) is 11.6 Å². The molecule has 112 valence electrons. The van der Waals surface area contributed by atoms with E-state index >= 15 is 0 Å². The van der Waals surface area contributed by atoms with Crippen molar-refractivity contribution < 1.29 is 13.2 Å². The Kier molecular flexibility index (Phi) is 5.01. The molecule has 0 aliphatic heterocycles. The van der Waals surface area contributed by atoms with Gasteiger partial charge in [-0.1, -0.05) is 11.6 Å². The average Bonchev–Trinajstić information content (AvgIpc) is 2.33. The maximum Gasteiger partial charge on any atom is 0.244 e. The summed E-state index contributed by atoms with van der Waals surface area (Å²) in [5.74, 6) is -0.327. The van der Waals surface area contributed by atoms with Crippen LogP contribution in [0.3, 0.4) is 0 Å². The normalized spacial score (nSPS) is 11.7. The van der Waals surface area contributed by atoms with E-state index in [-0.39, 0.29) is 22.4 Å². The van der Waals surface area contributed by atoms with Gasteiger partial charge in [0.1, 0.15) is 4.90 Å². The topological polar surface area (TPSA) is 83.7 Å². The Bertz CT molecular complexity index is 629. The minimum atomic E-state index is -3.86. The first-order valence-corrected chi connectivity index (χ1v) is 7.61. The van der Waals surface area contributed by atoms with Crippen LogP contribution in [0.1, 0.15) is 5.56 Å². The zero-order valence-electron chi connectivity index (χ0n) is 11.8. The van der Waals surface area contributed by atoms with Crippen LogP contribution in [0, 0.1) is 6.92 Å². The number of likely N-dealkylation sites (N-methyl/N-ethyl adjacent to an activating group) is 2. The van der Waals surface area contributed by atoms with Crippen molar-refractivity contribution >= 4 is 33.2 Å². The Hall–Kier alpha value is -1.31. The molecule has 0 spiro atoms. The van der Waals surface area contributed by atoms with Gasteiger partial charge in [0.15, 0.2) is 0 Å². The molecule has 0 fully saturated rings. The van der Waals surface area contributed by atoms with E-state index in [4.69, 9.17) is 17.3 Å². The molecule has 0 bridgehead atoms. The summed E-state index contributed by atoms with van der Waals surface area (Å²) in [4.78, 5) is 12.8. The van der Waals surface area contributed by atoms with Crippen LogP contribution in [0.25, 0.3) is 0 Å². The van der Waals surface area contributed by atoms with Gasteiger partial charge < -0.3 is 10.6 Å². The summed E-state index contributed by atoms with van der Waals surface area (Å²) in [7, 11) is 0.569. The first-order valence-electron chi connectivity index (χ1n) is 5.79. The predicted molar refractivity (Wildman–Crippen MR) is 79.1 cm³/mol. The largest absolute Gasteiger partial charge is 0.398 e. The number of aryl methyl sites for hydroxylation is 1. The second-order valence-electron chi connectivity index (χ2n) is 4.69. The van der Waals surface area contributed by atoms with Crippen molar-refractivity contribution in [2.45, 2.75) is 11.8 Å². The van der Waals surface area contributed by atoms with Gasteiger partial charge in [-0.3, -0.25) is 4.79 Å². The minimum absolute atomic E-state index is 0.0841. The van der Waals surface area contributed by atoms with Crippen LogP contribution < -0.4 is 5.73 Å². The van der Waals surface area contributed by atoms with Crippen molar-refractivity contribution in [3.8, 4) is 0 Å². The highest BCUT2D eigenvalue weighted by atomic mass is 35.5. The summed E-state index contributed by atoms with van der Waals surface area (Å²) in [5, 5.41) is 0.0841. The fraction of sp³-hybridized carbons (Fsp3) is 0.417. The Balaban J connectivity index is 3.17. The molecule has 8 heteroatoms. The number of anilines is 1. The van der Waals surface area contributed by atoms with E-state index in [2.05, 4.69) is 0 Å². The lowest BCUT2D eigenvalue weighted by Crippen LogP contribution is -2.37. The van der Waals surface area contributed by atoms with Crippen LogP contribution in [0.4, 0.5) is 5.69 Å². The SMILES string of the molecule is Cc1cc(Cl)c(S(=O)(=O)N(C)CC(=O)N(C)C)cc1N.